The minimum atomic E-state index is -0.787. The maximum absolute atomic E-state index is 13.6. The maximum atomic E-state index is 13.6. The Bertz CT molecular complexity index is 1230. The predicted octanol–water partition coefficient (Wildman–Crippen LogP) is 4.91. The number of carbonyl (C=O) groups is 3. The predicted molar refractivity (Wildman–Crippen MR) is 183 cm³/mol. The second-order valence-electron chi connectivity index (χ2n) is 13.7. The molecule has 8 nitrogen and oxygen atoms in total. The number of amides is 3. The van der Waals surface area contributed by atoms with Crippen molar-refractivity contribution in [2.45, 2.75) is 96.7 Å². The van der Waals surface area contributed by atoms with Crippen molar-refractivity contribution >= 4 is 17.7 Å². The topological polar surface area (TPSA) is 93.8 Å². The van der Waals surface area contributed by atoms with Crippen molar-refractivity contribution < 1.29 is 14.4 Å². The van der Waals surface area contributed by atoms with E-state index in [4.69, 9.17) is 0 Å². The van der Waals surface area contributed by atoms with Crippen LogP contribution in [0.2, 0.25) is 0 Å². The SMILES string of the molecule is Cc1cccc([C@@H]2CCCCC2NC(=O)[C@H](CC(C)C)NC(=O)[C@H](C)NC(=O)c2ccc(CCN(C)CCCN(C)C)cc2)c1. The molecule has 1 aliphatic rings. The first kappa shape index (κ1) is 36.2. The van der Waals surface area contributed by atoms with Gasteiger partial charge < -0.3 is 25.8 Å². The zero-order chi connectivity index (χ0) is 32.9. The van der Waals surface area contributed by atoms with Gasteiger partial charge in [0.25, 0.3) is 5.91 Å². The Morgan fingerprint density at radius 3 is 2.24 bits per heavy atom. The second kappa shape index (κ2) is 18.1. The van der Waals surface area contributed by atoms with Crippen LogP contribution in [0.1, 0.15) is 92.3 Å². The van der Waals surface area contributed by atoms with Crippen molar-refractivity contribution in [3.05, 3.63) is 70.8 Å². The Morgan fingerprint density at radius 1 is 0.867 bits per heavy atom. The molecule has 248 valence electrons. The van der Waals surface area contributed by atoms with Gasteiger partial charge in [-0.05, 0) is 109 Å². The molecular formula is C37H57N5O3. The molecule has 2 aromatic rings. The van der Waals surface area contributed by atoms with E-state index in [0.29, 0.717) is 12.0 Å². The fourth-order valence-corrected chi connectivity index (χ4v) is 6.14. The number of carbonyl (C=O) groups excluding carboxylic acids is 3. The summed E-state index contributed by atoms with van der Waals surface area (Å²) in [5.41, 5.74) is 4.15. The van der Waals surface area contributed by atoms with Crippen LogP contribution < -0.4 is 16.0 Å². The van der Waals surface area contributed by atoms with Crippen LogP contribution in [0, 0.1) is 12.8 Å². The molecule has 1 saturated carbocycles. The Kier molecular flexibility index (Phi) is 14.5. The highest BCUT2D eigenvalue weighted by Gasteiger charge is 2.31. The molecule has 3 N–H and O–H groups in total. The van der Waals surface area contributed by atoms with Gasteiger partial charge in [-0.25, -0.2) is 0 Å². The van der Waals surface area contributed by atoms with E-state index < -0.39 is 12.1 Å². The van der Waals surface area contributed by atoms with Gasteiger partial charge in [0, 0.05) is 24.1 Å². The molecule has 0 aliphatic heterocycles. The van der Waals surface area contributed by atoms with Gasteiger partial charge in [0.2, 0.25) is 11.8 Å². The van der Waals surface area contributed by atoms with Gasteiger partial charge in [0.05, 0.1) is 0 Å². The molecule has 2 aromatic carbocycles. The summed E-state index contributed by atoms with van der Waals surface area (Å²) in [7, 11) is 6.32. The van der Waals surface area contributed by atoms with Crippen LogP contribution in [0.25, 0.3) is 0 Å². The van der Waals surface area contributed by atoms with E-state index >= 15 is 0 Å². The summed E-state index contributed by atoms with van der Waals surface area (Å²) in [5, 5.41) is 9.05. The number of hydrogen-bond donors (Lipinski definition) is 3. The lowest BCUT2D eigenvalue weighted by atomic mass is 9.79. The van der Waals surface area contributed by atoms with Crippen molar-refractivity contribution in [3.63, 3.8) is 0 Å². The van der Waals surface area contributed by atoms with Crippen LogP contribution in [0.5, 0.6) is 0 Å². The van der Waals surface area contributed by atoms with Gasteiger partial charge in [-0.1, -0.05) is 68.7 Å². The van der Waals surface area contributed by atoms with Crippen molar-refractivity contribution in [3.8, 4) is 0 Å². The average Bonchev–Trinajstić information content (AvgIpc) is 2.99. The number of rotatable bonds is 16. The summed E-state index contributed by atoms with van der Waals surface area (Å²) in [6.45, 7) is 10.9. The number of hydrogen-bond acceptors (Lipinski definition) is 5. The molecule has 1 unspecified atom stereocenters. The highest BCUT2D eigenvalue weighted by molar-refractivity contribution is 5.98. The summed E-state index contributed by atoms with van der Waals surface area (Å²) in [6, 6.07) is 14.7. The summed E-state index contributed by atoms with van der Waals surface area (Å²) >= 11 is 0. The normalized spacial score (nSPS) is 18.1. The van der Waals surface area contributed by atoms with Crippen LogP contribution in [0.4, 0.5) is 0 Å². The molecule has 0 spiro atoms. The van der Waals surface area contributed by atoms with Crippen molar-refractivity contribution in [1.29, 1.82) is 0 Å². The van der Waals surface area contributed by atoms with Crippen molar-refractivity contribution in [1.82, 2.24) is 25.8 Å². The van der Waals surface area contributed by atoms with Crippen LogP contribution in [0.15, 0.2) is 48.5 Å². The number of likely N-dealkylation sites (N-methyl/N-ethyl adjacent to an activating group) is 1. The summed E-state index contributed by atoms with van der Waals surface area (Å²) in [5.74, 6) is -0.355. The quantitative estimate of drug-likeness (QED) is 0.248. The molecular weight excluding hydrogens is 562 g/mol. The molecule has 4 atom stereocenters. The molecule has 0 aromatic heterocycles. The third kappa shape index (κ3) is 12.2. The van der Waals surface area contributed by atoms with E-state index in [2.05, 4.69) is 78.1 Å². The van der Waals surface area contributed by atoms with Crippen molar-refractivity contribution in [2.75, 3.05) is 40.8 Å². The fourth-order valence-electron chi connectivity index (χ4n) is 6.14. The number of benzene rings is 2. The van der Waals surface area contributed by atoms with Crippen LogP contribution in [-0.2, 0) is 16.0 Å². The zero-order valence-electron chi connectivity index (χ0n) is 28.7. The highest BCUT2D eigenvalue weighted by Crippen LogP contribution is 2.33. The van der Waals surface area contributed by atoms with E-state index in [1.807, 2.05) is 38.1 Å². The molecule has 3 amide bonds. The molecule has 3 rings (SSSR count). The molecule has 8 heteroatoms. The standard InChI is InChI=1S/C37H57N5O3/c1-26(2)24-34(37(45)39-33-15-9-8-14-32(33)31-13-10-12-27(3)25-31)40-35(43)28(4)38-36(44)30-18-16-29(17-19-30)20-23-42(7)22-11-21-41(5)6/h10,12-13,16-19,25-26,28,32-34H,8-9,11,14-15,20-24H2,1-7H3,(H,38,44)(H,39,45)(H,40,43)/t28-,32-,33?,34-/m0/s1. The van der Waals surface area contributed by atoms with Gasteiger partial charge in [0.1, 0.15) is 12.1 Å². The molecule has 0 bridgehead atoms. The number of nitrogens with one attached hydrogen (secondary N) is 3. The van der Waals surface area contributed by atoms with Gasteiger partial charge in [-0.15, -0.1) is 0 Å². The lowest BCUT2D eigenvalue weighted by molar-refractivity contribution is -0.130. The van der Waals surface area contributed by atoms with E-state index in [9.17, 15) is 14.4 Å². The van der Waals surface area contributed by atoms with E-state index in [-0.39, 0.29) is 35.6 Å². The van der Waals surface area contributed by atoms with E-state index in [1.165, 1.54) is 16.7 Å². The summed E-state index contributed by atoms with van der Waals surface area (Å²) in [6.07, 6.45) is 6.74. The van der Waals surface area contributed by atoms with Crippen molar-refractivity contribution in [2.24, 2.45) is 5.92 Å². The largest absolute Gasteiger partial charge is 0.351 e. The summed E-state index contributed by atoms with van der Waals surface area (Å²) in [4.78, 5) is 44.3. The first-order valence-corrected chi connectivity index (χ1v) is 16.8. The first-order chi connectivity index (χ1) is 21.4. The second-order valence-corrected chi connectivity index (χ2v) is 13.7. The number of nitrogens with zero attached hydrogens (tertiary/aromatic N) is 2. The van der Waals surface area contributed by atoms with Gasteiger partial charge in [0.15, 0.2) is 0 Å². The molecule has 0 heterocycles. The Morgan fingerprint density at radius 2 is 1.58 bits per heavy atom. The summed E-state index contributed by atoms with van der Waals surface area (Å²) < 4.78 is 0. The Balaban J connectivity index is 1.54. The van der Waals surface area contributed by atoms with Crippen LogP contribution in [0.3, 0.4) is 0 Å². The highest BCUT2D eigenvalue weighted by atomic mass is 16.2. The molecule has 0 saturated heterocycles. The third-order valence-corrected chi connectivity index (χ3v) is 8.79. The lowest BCUT2D eigenvalue weighted by Gasteiger charge is -2.34. The van der Waals surface area contributed by atoms with E-state index in [0.717, 1.165) is 58.2 Å². The molecule has 1 fully saturated rings. The van der Waals surface area contributed by atoms with E-state index in [1.54, 1.807) is 6.92 Å². The molecule has 45 heavy (non-hydrogen) atoms. The van der Waals surface area contributed by atoms with Crippen LogP contribution in [-0.4, -0.2) is 86.4 Å². The third-order valence-electron chi connectivity index (χ3n) is 8.79. The number of aryl methyl sites for hydroxylation is 1. The van der Waals surface area contributed by atoms with Crippen LogP contribution >= 0.6 is 0 Å². The zero-order valence-corrected chi connectivity index (χ0v) is 28.7. The monoisotopic (exact) mass is 619 g/mol. The average molecular weight is 620 g/mol. The minimum Gasteiger partial charge on any atom is -0.351 e. The maximum Gasteiger partial charge on any atom is 0.251 e. The lowest BCUT2D eigenvalue weighted by Crippen LogP contribution is -2.55. The molecule has 1 aliphatic carbocycles. The molecule has 0 radical (unpaired) electrons. The Hall–Kier alpha value is -3.23. The Labute approximate surface area is 271 Å². The fraction of sp³-hybridized carbons (Fsp3) is 0.595. The van der Waals surface area contributed by atoms with Gasteiger partial charge >= 0.3 is 0 Å². The van der Waals surface area contributed by atoms with Gasteiger partial charge in [-0.3, -0.25) is 14.4 Å². The van der Waals surface area contributed by atoms with Gasteiger partial charge in [-0.2, -0.15) is 0 Å². The first-order valence-electron chi connectivity index (χ1n) is 16.8. The smallest absolute Gasteiger partial charge is 0.251 e. The minimum absolute atomic E-state index is 0.0307.